The number of carbonyl (C=O) groups excluding carboxylic acids is 1. The molecule has 7 nitrogen and oxygen atoms in total. The second-order valence-electron chi connectivity index (χ2n) is 6.23. The molecular weight excluding hydrogens is 362 g/mol. The van der Waals surface area contributed by atoms with Crippen LogP contribution in [0.4, 0.5) is 0 Å². The second-order valence-corrected chi connectivity index (χ2v) is 7.18. The van der Waals surface area contributed by atoms with Crippen LogP contribution in [-0.4, -0.2) is 31.6 Å². The fourth-order valence-electron chi connectivity index (χ4n) is 3.27. The molecule has 0 saturated carbocycles. The average molecular weight is 377 g/mol. The number of aromatic nitrogens is 3. The number of rotatable bonds is 4. The molecule has 4 heterocycles. The highest BCUT2D eigenvalue weighted by Gasteiger charge is 2.35. The summed E-state index contributed by atoms with van der Waals surface area (Å²) in [7, 11) is 0. The number of fused-ring (bicyclic) bond motifs is 1. The molecule has 5 rings (SSSR count). The number of carbonyl (C=O) groups is 1. The number of benzene rings is 1. The minimum Gasteiger partial charge on any atom is -0.467 e. The minimum atomic E-state index is -0.251. The van der Waals surface area contributed by atoms with Gasteiger partial charge >= 0.3 is 0 Å². The van der Waals surface area contributed by atoms with Crippen LogP contribution in [0, 0.1) is 0 Å². The number of furan rings is 1. The molecule has 0 bridgehead atoms. The van der Waals surface area contributed by atoms with Crippen LogP contribution in [0.25, 0.3) is 11.0 Å². The average Bonchev–Trinajstić information content (AvgIpc) is 3.47. The van der Waals surface area contributed by atoms with Crippen LogP contribution in [0.5, 0.6) is 0 Å². The second kappa shape index (κ2) is 6.48. The van der Waals surface area contributed by atoms with E-state index >= 15 is 0 Å². The first-order chi connectivity index (χ1) is 13.3. The van der Waals surface area contributed by atoms with Crippen molar-refractivity contribution in [3.05, 3.63) is 70.8 Å². The maximum Gasteiger partial charge on any atom is 0.265 e. The zero-order chi connectivity index (χ0) is 18.2. The third-order valence-electron chi connectivity index (χ3n) is 4.55. The SMILES string of the molecule is O=C(Cn1nnc2ccccc21)N1N=C(c2cccs2)CC1c1ccco1. The van der Waals surface area contributed by atoms with E-state index in [1.807, 2.05) is 53.9 Å². The van der Waals surface area contributed by atoms with Gasteiger partial charge in [-0.2, -0.15) is 5.10 Å². The monoisotopic (exact) mass is 377 g/mol. The maximum atomic E-state index is 13.1. The van der Waals surface area contributed by atoms with E-state index in [1.54, 1.807) is 22.3 Å². The normalized spacial score (nSPS) is 16.8. The molecule has 1 unspecified atom stereocenters. The van der Waals surface area contributed by atoms with E-state index in [0.717, 1.165) is 27.4 Å². The van der Waals surface area contributed by atoms with E-state index in [9.17, 15) is 4.79 Å². The Bertz CT molecular complexity index is 1110. The quantitative estimate of drug-likeness (QED) is 0.546. The van der Waals surface area contributed by atoms with E-state index in [1.165, 1.54) is 5.01 Å². The lowest BCUT2D eigenvalue weighted by Gasteiger charge is -2.19. The summed E-state index contributed by atoms with van der Waals surface area (Å²) in [6.45, 7) is 0.0684. The molecule has 1 aromatic carbocycles. The highest BCUT2D eigenvalue weighted by molar-refractivity contribution is 7.12. The summed E-state index contributed by atoms with van der Waals surface area (Å²) >= 11 is 1.61. The summed E-state index contributed by atoms with van der Waals surface area (Å²) in [4.78, 5) is 14.1. The third-order valence-corrected chi connectivity index (χ3v) is 5.47. The number of hydrazone groups is 1. The van der Waals surface area contributed by atoms with Gasteiger partial charge in [-0.3, -0.25) is 4.79 Å². The summed E-state index contributed by atoms with van der Waals surface area (Å²) in [6, 6.07) is 15.0. The third kappa shape index (κ3) is 2.83. The summed E-state index contributed by atoms with van der Waals surface area (Å²) in [5, 5.41) is 16.4. The van der Waals surface area contributed by atoms with Gasteiger partial charge in [0.2, 0.25) is 0 Å². The highest BCUT2D eigenvalue weighted by atomic mass is 32.1. The Hall–Kier alpha value is -3.26. The van der Waals surface area contributed by atoms with E-state index in [4.69, 9.17) is 4.42 Å². The van der Waals surface area contributed by atoms with Gasteiger partial charge in [0.15, 0.2) is 0 Å². The van der Waals surface area contributed by atoms with E-state index in [0.29, 0.717) is 6.42 Å². The molecule has 1 atom stereocenters. The van der Waals surface area contributed by atoms with Crippen LogP contribution in [-0.2, 0) is 11.3 Å². The minimum absolute atomic E-state index is 0.0684. The van der Waals surface area contributed by atoms with Crippen molar-refractivity contribution < 1.29 is 9.21 Å². The van der Waals surface area contributed by atoms with Crippen molar-refractivity contribution in [2.24, 2.45) is 5.10 Å². The van der Waals surface area contributed by atoms with Crippen molar-refractivity contribution in [2.75, 3.05) is 0 Å². The Balaban J connectivity index is 1.47. The molecule has 1 aliphatic heterocycles. The number of hydrogen-bond donors (Lipinski definition) is 0. The Labute approximate surface area is 158 Å². The van der Waals surface area contributed by atoms with Crippen molar-refractivity contribution in [1.82, 2.24) is 20.0 Å². The zero-order valence-electron chi connectivity index (χ0n) is 14.2. The molecule has 0 N–H and O–H groups in total. The molecule has 0 fully saturated rings. The lowest BCUT2D eigenvalue weighted by atomic mass is 10.1. The van der Waals surface area contributed by atoms with E-state index in [-0.39, 0.29) is 18.5 Å². The number of thiophene rings is 1. The van der Waals surface area contributed by atoms with Gasteiger partial charge in [-0.05, 0) is 35.7 Å². The van der Waals surface area contributed by atoms with Crippen LogP contribution in [0.3, 0.4) is 0 Å². The molecule has 0 aliphatic carbocycles. The number of nitrogens with zero attached hydrogens (tertiary/aromatic N) is 5. The van der Waals surface area contributed by atoms with Gasteiger partial charge in [0.25, 0.3) is 5.91 Å². The molecule has 1 amide bonds. The highest BCUT2D eigenvalue weighted by Crippen LogP contribution is 2.34. The zero-order valence-corrected chi connectivity index (χ0v) is 15.0. The van der Waals surface area contributed by atoms with Crippen molar-refractivity contribution in [1.29, 1.82) is 0 Å². The number of amides is 1. The van der Waals surface area contributed by atoms with Gasteiger partial charge in [0.1, 0.15) is 23.9 Å². The topological polar surface area (TPSA) is 76.5 Å². The number of hydrogen-bond acceptors (Lipinski definition) is 6. The van der Waals surface area contributed by atoms with Gasteiger partial charge < -0.3 is 4.42 Å². The van der Waals surface area contributed by atoms with Crippen LogP contribution >= 0.6 is 11.3 Å². The fourth-order valence-corrected chi connectivity index (χ4v) is 3.99. The van der Waals surface area contributed by atoms with Crippen molar-refractivity contribution in [3.63, 3.8) is 0 Å². The molecule has 3 aromatic heterocycles. The summed E-state index contributed by atoms with van der Waals surface area (Å²) < 4.78 is 7.18. The number of para-hydroxylation sites is 1. The van der Waals surface area contributed by atoms with Crippen molar-refractivity contribution >= 4 is 34.0 Å². The van der Waals surface area contributed by atoms with Gasteiger partial charge in [-0.15, -0.1) is 16.4 Å². The molecule has 0 spiro atoms. The Kier molecular flexibility index (Phi) is 3.83. The summed E-state index contributed by atoms with van der Waals surface area (Å²) in [5.74, 6) is 0.570. The smallest absolute Gasteiger partial charge is 0.265 e. The molecule has 4 aromatic rings. The molecular formula is C19H15N5O2S. The van der Waals surface area contributed by atoms with Crippen LogP contribution < -0.4 is 0 Å². The van der Waals surface area contributed by atoms with Gasteiger partial charge in [0.05, 0.1) is 22.4 Å². The van der Waals surface area contributed by atoms with Crippen molar-refractivity contribution in [2.45, 2.75) is 19.0 Å². The molecule has 1 aliphatic rings. The van der Waals surface area contributed by atoms with E-state index in [2.05, 4.69) is 15.4 Å². The summed E-state index contributed by atoms with van der Waals surface area (Å²) in [6.07, 6.45) is 2.24. The summed E-state index contributed by atoms with van der Waals surface area (Å²) in [5.41, 5.74) is 2.47. The Morgan fingerprint density at radius 2 is 2.11 bits per heavy atom. The fraction of sp³-hybridized carbons (Fsp3) is 0.158. The molecule has 27 heavy (non-hydrogen) atoms. The molecule has 8 heteroatoms. The lowest BCUT2D eigenvalue weighted by Crippen LogP contribution is -2.30. The Morgan fingerprint density at radius 3 is 2.93 bits per heavy atom. The van der Waals surface area contributed by atoms with Gasteiger partial charge in [0, 0.05) is 6.42 Å². The van der Waals surface area contributed by atoms with Crippen LogP contribution in [0.2, 0.25) is 0 Å². The van der Waals surface area contributed by atoms with Crippen LogP contribution in [0.15, 0.2) is 69.7 Å². The molecule has 0 radical (unpaired) electrons. The first-order valence-corrected chi connectivity index (χ1v) is 9.42. The standard InChI is InChI=1S/C19H15N5O2S/c25-19(12-23-15-6-2-1-5-13(15)20-22-23)24-16(17-7-3-9-26-17)11-14(21-24)18-8-4-10-27-18/h1-10,16H,11-12H2. The maximum absolute atomic E-state index is 13.1. The van der Waals surface area contributed by atoms with E-state index < -0.39 is 0 Å². The van der Waals surface area contributed by atoms with Gasteiger partial charge in [-0.1, -0.05) is 23.4 Å². The largest absolute Gasteiger partial charge is 0.467 e. The van der Waals surface area contributed by atoms with Crippen molar-refractivity contribution in [3.8, 4) is 0 Å². The predicted molar refractivity (Wildman–Crippen MR) is 101 cm³/mol. The predicted octanol–water partition coefficient (Wildman–Crippen LogP) is 3.46. The molecule has 0 saturated heterocycles. The first-order valence-electron chi connectivity index (χ1n) is 8.54. The Morgan fingerprint density at radius 1 is 1.19 bits per heavy atom. The van der Waals surface area contributed by atoms with Gasteiger partial charge in [-0.25, -0.2) is 9.69 Å². The molecule has 134 valence electrons. The lowest BCUT2D eigenvalue weighted by molar-refractivity contribution is -0.134. The first kappa shape index (κ1) is 16.0. The van der Waals surface area contributed by atoms with Crippen LogP contribution in [0.1, 0.15) is 23.1 Å².